The van der Waals surface area contributed by atoms with Crippen LogP contribution in [0.25, 0.3) is 0 Å². The van der Waals surface area contributed by atoms with Gasteiger partial charge in [-0.05, 0) is 69.9 Å². The average molecular weight is 520 g/mol. The molecule has 0 radical (unpaired) electrons. The summed E-state index contributed by atoms with van der Waals surface area (Å²) in [5.41, 5.74) is -1.58. The van der Waals surface area contributed by atoms with Crippen LogP contribution in [0.1, 0.15) is 52.4 Å². The Morgan fingerprint density at radius 2 is 1.60 bits per heavy atom. The minimum absolute atomic E-state index is 0.0949. The molecule has 1 aliphatic heterocycles. The predicted molar refractivity (Wildman–Crippen MR) is 127 cm³/mol. The van der Waals surface area contributed by atoms with E-state index in [2.05, 4.69) is 4.98 Å². The van der Waals surface area contributed by atoms with Gasteiger partial charge in [0.15, 0.2) is 0 Å². The van der Waals surface area contributed by atoms with Crippen molar-refractivity contribution in [3.63, 3.8) is 0 Å². The summed E-state index contributed by atoms with van der Waals surface area (Å²) >= 11 is 4.82. The molecule has 13 heteroatoms. The van der Waals surface area contributed by atoms with Gasteiger partial charge >= 0.3 is 20.4 Å². The minimum atomic E-state index is -4.48. The molecule has 1 aromatic carbocycles. The highest BCUT2D eigenvalue weighted by molar-refractivity contribution is 6.63. The van der Waals surface area contributed by atoms with Gasteiger partial charge in [0, 0.05) is 17.6 Å². The van der Waals surface area contributed by atoms with Crippen molar-refractivity contribution in [2.45, 2.75) is 65.3 Å². The van der Waals surface area contributed by atoms with Gasteiger partial charge in [0.25, 0.3) is 0 Å². The van der Waals surface area contributed by atoms with Gasteiger partial charge in [0.1, 0.15) is 11.5 Å². The van der Waals surface area contributed by atoms with E-state index in [0.29, 0.717) is 11.9 Å². The highest BCUT2D eigenvalue weighted by Crippen LogP contribution is 2.37. The molecule has 35 heavy (non-hydrogen) atoms. The van der Waals surface area contributed by atoms with E-state index in [1.165, 1.54) is 31.2 Å². The average Bonchev–Trinajstić information content (AvgIpc) is 2.95. The maximum absolute atomic E-state index is 12.8. The van der Waals surface area contributed by atoms with Crippen LogP contribution in [0.15, 0.2) is 36.4 Å². The summed E-state index contributed by atoms with van der Waals surface area (Å²) in [5.74, 6) is -0.600. The van der Waals surface area contributed by atoms with Gasteiger partial charge in [-0.2, -0.15) is 13.2 Å². The predicted octanol–water partition coefficient (Wildman–Crippen LogP) is 3.38. The smallest absolute Gasteiger partial charge is 0.423 e. The first-order chi connectivity index (χ1) is 15.9. The molecule has 1 aliphatic rings. The van der Waals surface area contributed by atoms with Gasteiger partial charge in [-0.3, -0.25) is 4.79 Å². The van der Waals surface area contributed by atoms with Gasteiger partial charge in [-0.25, -0.2) is 9.37 Å². The first-order valence-corrected chi connectivity index (χ1v) is 11.0. The highest BCUT2D eigenvalue weighted by Gasteiger charge is 2.52. The van der Waals surface area contributed by atoms with E-state index in [1.807, 2.05) is 27.7 Å². The van der Waals surface area contributed by atoms with Crippen molar-refractivity contribution >= 4 is 42.0 Å². The largest absolute Gasteiger partial charge is 0.494 e. The Morgan fingerprint density at radius 1 is 1.11 bits per heavy atom. The SMILES string of the molecule is CCC(=O)Cl.Cc1cc(B2OC(C)(C)C(C)(C)O2)cc(C(F)(F)F)n1.OB(O)c1ccccc1F. The zero-order valence-electron chi connectivity index (χ0n) is 20.3. The fourth-order valence-corrected chi connectivity index (χ4v) is 2.64. The molecule has 0 amide bonds. The number of alkyl halides is 3. The monoisotopic (exact) mass is 519 g/mol. The third kappa shape index (κ3) is 9.20. The molecule has 1 saturated heterocycles. The molecular formula is C22H28B2ClF4NO5. The number of rotatable bonds is 3. The quantitative estimate of drug-likeness (QED) is 0.367. The number of aromatic nitrogens is 1. The third-order valence-electron chi connectivity index (χ3n) is 5.25. The van der Waals surface area contributed by atoms with Gasteiger partial charge in [-0.1, -0.05) is 25.1 Å². The standard InChI is InChI=1S/C13H17BF3NO2.C6H6BFO2.C3H5ClO/c1-8-6-9(7-10(18-8)13(15,16)17)14-19-11(2,3)12(4,5)20-14;8-6-4-2-1-3-5(6)7(9)10;1-2-3(4)5/h6-7H,1-5H3;1-4,9-10H;2H2,1H3. The van der Waals surface area contributed by atoms with Crippen molar-refractivity contribution in [3.05, 3.63) is 53.6 Å². The topological polar surface area (TPSA) is 88.9 Å². The normalized spacial score (nSPS) is 16.0. The summed E-state index contributed by atoms with van der Waals surface area (Å²) in [6, 6.07) is 8.06. The van der Waals surface area contributed by atoms with Crippen LogP contribution in [0, 0.1) is 12.7 Å². The lowest BCUT2D eigenvalue weighted by molar-refractivity contribution is -0.141. The summed E-state index contributed by atoms with van der Waals surface area (Å²) in [4.78, 5) is 13.1. The van der Waals surface area contributed by atoms with E-state index in [-0.39, 0.29) is 16.4 Å². The van der Waals surface area contributed by atoms with Crippen LogP contribution in [-0.4, -0.2) is 45.7 Å². The number of pyridine rings is 1. The van der Waals surface area contributed by atoms with Crippen LogP contribution < -0.4 is 10.9 Å². The third-order valence-corrected chi connectivity index (χ3v) is 5.52. The van der Waals surface area contributed by atoms with Gasteiger partial charge in [0.2, 0.25) is 5.24 Å². The van der Waals surface area contributed by atoms with Crippen molar-refractivity contribution in [1.82, 2.24) is 4.98 Å². The van der Waals surface area contributed by atoms with Crippen LogP contribution in [-0.2, 0) is 20.3 Å². The van der Waals surface area contributed by atoms with Crippen LogP contribution in [0.2, 0.25) is 0 Å². The number of benzene rings is 1. The molecule has 0 unspecified atom stereocenters. The molecule has 2 N–H and O–H groups in total. The van der Waals surface area contributed by atoms with Crippen molar-refractivity contribution in [2.24, 2.45) is 0 Å². The fourth-order valence-electron chi connectivity index (χ4n) is 2.64. The summed E-state index contributed by atoms with van der Waals surface area (Å²) in [6.07, 6.45) is -4.05. The van der Waals surface area contributed by atoms with Gasteiger partial charge in [-0.15, -0.1) is 0 Å². The molecule has 3 rings (SSSR count). The Balaban J connectivity index is 0.000000338. The molecule has 1 aromatic heterocycles. The number of aryl methyl sites for hydroxylation is 1. The first kappa shape index (κ1) is 31.1. The molecular weight excluding hydrogens is 491 g/mol. The molecule has 0 spiro atoms. The molecule has 0 aliphatic carbocycles. The van der Waals surface area contributed by atoms with E-state index >= 15 is 0 Å². The fraction of sp³-hybridized carbons (Fsp3) is 0.455. The van der Waals surface area contributed by atoms with Gasteiger partial charge in [0.05, 0.1) is 11.2 Å². The second-order valence-corrected chi connectivity index (χ2v) is 9.04. The summed E-state index contributed by atoms with van der Waals surface area (Å²) < 4.78 is 62.4. The maximum Gasteiger partial charge on any atom is 0.494 e. The lowest BCUT2D eigenvalue weighted by atomic mass is 9.79. The second-order valence-electron chi connectivity index (χ2n) is 8.62. The molecule has 192 valence electrons. The van der Waals surface area contributed by atoms with E-state index in [1.54, 1.807) is 13.0 Å². The lowest BCUT2D eigenvalue weighted by Crippen LogP contribution is -2.41. The molecule has 2 aromatic rings. The van der Waals surface area contributed by atoms with Crippen LogP contribution >= 0.6 is 11.6 Å². The number of hydrogen-bond donors (Lipinski definition) is 2. The zero-order chi connectivity index (χ0) is 27.2. The van der Waals surface area contributed by atoms with Gasteiger partial charge < -0.3 is 19.4 Å². The Bertz CT molecular complexity index is 990. The van der Waals surface area contributed by atoms with E-state index in [4.69, 9.17) is 31.0 Å². The Morgan fingerprint density at radius 3 is 1.97 bits per heavy atom. The Kier molecular flexibility index (Phi) is 10.9. The minimum Gasteiger partial charge on any atom is -0.423 e. The van der Waals surface area contributed by atoms with E-state index in [9.17, 15) is 22.4 Å². The lowest BCUT2D eigenvalue weighted by Gasteiger charge is -2.32. The number of carbonyl (C=O) groups is 1. The zero-order valence-corrected chi connectivity index (χ0v) is 21.0. The molecule has 0 bridgehead atoms. The molecule has 1 fully saturated rings. The van der Waals surface area contributed by atoms with Crippen molar-refractivity contribution in [2.75, 3.05) is 0 Å². The Hall–Kier alpha value is -1.98. The molecule has 6 nitrogen and oxygen atoms in total. The van der Waals surface area contributed by atoms with Crippen molar-refractivity contribution in [1.29, 1.82) is 0 Å². The first-order valence-electron chi connectivity index (χ1n) is 10.6. The van der Waals surface area contributed by atoms with Crippen molar-refractivity contribution in [3.8, 4) is 0 Å². The van der Waals surface area contributed by atoms with Crippen LogP contribution in [0.5, 0.6) is 0 Å². The van der Waals surface area contributed by atoms with Crippen LogP contribution in [0.3, 0.4) is 0 Å². The highest BCUT2D eigenvalue weighted by atomic mass is 35.5. The Labute approximate surface area is 207 Å². The van der Waals surface area contributed by atoms with E-state index < -0.39 is 43.1 Å². The molecule has 2 heterocycles. The number of carbonyl (C=O) groups excluding carboxylic acids is 1. The summed E-state index contributed by atoms with van der Waals surface area (Å²) in [5, 5.41) is 16.8. The van der Waals surface area contributed by atoms with Crippen molar-refractivity contribution < 1.29 is 41.7 Å². The summed E-state index contributed by atoms with van der Waals surface area (Å²) in [7, 11) is -2.54. The second kappa shape index (κ2) is 12.3. The molecule has 0 atom stereocenters. The molecule has 0 saturated carbocycles. The van der Waals surface area contributed by atoms with E-state index in [0.717, 1.165) is 6.07 Å². The number of nitrogens with zero attached hydrogens (tertiary/aromatic N) is 1. The maximum atomic E-state index is 12.8. The summed E-state index contributed by atoms with van der Waals surface area (Å²) in [6.45, 7) is 10.6. The van der Waals surface area contributed by atoms with Crippen LogP contribution in [0.4, 0.5) is 17.6 Å². The number of hydrogen-bond acceptors (Lipinski definition) is 6. The number of halogens is 5.